The van der Waals surface area contributed by atoms with Gasteiger partial charge in [-0.3, -0.25) is 4.90 Å². The summed E-state index contributed by atoms with van der Waals surface area (Å²) in [7, 11) is 0. The summed E-state index contributed by atoms with van der Waals surface area (Å²) in [6, 6.07) is 10.9. The van der Waals surface area contributed by atoms with Crippen molar-refractivity contribution in [1.29, 1.82) is 0 Å². The summed E-state index contributed by atoms with van der Waals surface area (Å²) >= 11 is 3.76. The lowest BCUT2D eigenvalue weighted by molar-refractivity contribution is 0.0348. The molecule has 23 heavy (non-hydrogen) atoms. The Morgan fingerprint density at radius 2 is 2.22 bits per heavy atom. The first-order chi connectivity index (χ1) is 11.4. The molecule has 0 radical (unpaired) electrons. The highest BCUT2D eigenvalue weighted by molar-refractivity contribution is 8.00. The van der Waals surface area contributed by atoms with E-state index < -0.39 is 0 Å². The van der Waals surface area contributed by atoms with Gasteiger partial charge in [0.1, 0.15) is 0 Å². The third-order valence-electron chi connectivity index (χ3n) is 4.39. The molecule has 2 fully saturated rings. The standard InChI is InChI=1S/C17H21N3OS2/c1-2-4-13(5-3-1)18-17-19-14(12-23-17)10-20-7-9-22-16-11-21-8-6-15(16)20/h1-5,12,15-16H,6-11H2,(H,18,19)/t15-,16+/m0/s1. The third kappa shape index (κ3) is 3.71. The van der Waals surface area contributed by atoms with Crippen LogP contribution in [0.25, 0.3) is 0 Å². The van der Waals surface area contributed by atoms with Gasteiger partial charge in [-0.15, -0.1) is 11.3 Å². The minimum absolute atomic E-state index is 0.637. The lowest BCUT2D eigenvalue weighted by Gasteiger charge is -2.43. The average molecular weight is 348 g/mol. The number of anilines is 2. The molecule has 6 heteroatoms. The van der Waals surface area contributed by atoms with E-state index in [1.807, 2.05) is 18.2 Å². The molecule has 0 saturated carbocycles. The summed E-state index contributed by atoms with van der Waals surface area (Å²) in [5.74, 6) is 1.20. The van der Waals surface area contributed by atoms with Crippen molar-refractivity contribution in [2.45, 2.75) is 24.3 Å². The number of hydrogen-bond donors (Lipinski definition) is 1. The van der Waals surface area contributed by atoms with Gasteiger partial charge < -0.3 is 10.1 Å². The van der Waals surface area contributed by atoms with E-state index in [0.717, 1.165) is 43.5 Å². The van der Waals surface area contributed by atoms with Gasteiger partial charge in [-0.1, -0.05) is 18.2 Å². The summed E-state index contributed by atoms with van der Waals surface area (Å²) in [4.78, 5) is 7.37. The molecule has 1 aromatic carbocycles. The second-order valence-electron chi connectivity index (χ2n) is 5.95. The molecule has 0 bridgehead atoms. The van der Waals surface area contributed by atoms with Crippen molar-refractivity contribution >= 4 is 33.9 Å². The second kappa shape index (κ2) is 7.21. The highest BCUT2D eigenvalue weighted by Gasteiger charge is 2.34. The Labute approximate surface area is 145 Å². The number of hydrogen-bond acceptors (Lipinski definition) is 6. The van der Waals surface area contributed by atoms with E-state index in [-0.39, 0.29) is 0 Å². The highest BCUT2D eigenvalue weighted by atomic mass is 32.2. The summed E-state index contributed by atoms with van der Waals surface area (Å²) in [5, 5.41) is 7.17. The van der Waals surface area contributed by atoms with E-state index in [1.165, 1.54) is 11.4 Å². The molecule has 0 amide bonds. The van der Waals surface area contributed by atoms with Crippen LogP contribution in [0.5, 0.6) is 0 Å². The quantitative estimate of drug-likeness (QED) is 0.915. The zero-order valence-corrected chi connectivity index (χ0v) is 14.6. The van der Waals surface area contributed by atoms with Gasteiger partial charge in [0, 0.05) is 47.8 Å². The maximum atomic E-state index is 5.64. The molecule has 2 aliphatic heterocycles. The van der Waals surface area contributed by atoms with Crippen molar-refractivity contribution in [2.24, 2.45) is 0 Å². The van der Waals surface area contributed by atoms with Crippen LogP contribution in [0.2, 0.25) is 0 Å². The first-order valence-corrected chi connectivity index (χ1v) is 10.0. The molecule has 2 saturated heterocycles. The molecule has 3 heterocycles. The topological polar surface area (TPSA) is 37.4 Å². The predicted molar refractivity (Wildman–Crippen MR) is 97.7 cm³/mol. The van der Waals surface area contributed by atoms with E-state index in [2.05, 4.69) is 39.5 Å². The van der Waals surface area contributed by atoms with Crippen molar-refractivity contribution in [3.8, 4) is 0 Å². The van der Waals surface area contributed by atoms with Crippen LogP contribution < -0.4 is 5.32 Å². The van der Waals surface area contributed by atoms with Gasteiger partial charge in [0.25, 0.3) is 0 Å². The first-order valence-electron chi connectivity index (χ1n) is 8.08. The number of thioether (sulfide) groups is 1. The Balaban J connectivity index is 1.41. The molecule has 0 aliphatic carbocycles. The third-order valence-corrected chi connectivity index (χ3v) is 6.49. The van der Waals surface area contributed by atoms with Crippen LogP contribution in [0.15, 0.2) is 35.7 Å². The van der Waals surface area contributed by atoms with Gasteiger partial charge in [-0.05, 0) is 18.6 Å². The Morgan fingerprint density at radius 1 is 1.30 bits per heavy atom. The summed E-state index contributed by atoms with van der Waals surface area (Å²) in [6.45, 7) is 3.92. The Bertz CT molecular complexity index is 632. The summed E-state index contributed by atoms with van der Waals surface area (Å²) in [5.41, 5.74) is 2.26. The van der Waals surface area contributed by atoms with Crippen LogP contribution in [0, 0.1) is 0 Å². The average Bonchev–Trinajstić information content (AvgIpc) is 3.03. The van der Waals surface area contributed by atoms with Crippen LogP contribution in [-0.2, 0) is 11.3 Å². The van der Waals surface area contributed by atoms with Crippen LogP contribution >= 0.6 is 23.1 Å². The summed E-state index contributed by atoms with van der Waals surface area (Å²) < 4.78 is 5.64. The number of fused-ring (bicyclic) bond motifs is 1. The van der Waals surface area contributed by atoms with E-state index >= 15 is 0 Å². The molecule has 1 aromatic heterocycles. The van der Waals surface area contributed by atoms with Crippen molar-refractivity contribution in [1.82, 2.24) is 9.88 Å². The zero-order valence-electron chi connectivity index (χ0n) is 13.0. The molecule has 4 nitrogen and oxygen atoms in total. The van der Waals surface area contributed by atoms with Crippen LogP contribution in [0.3, 0.4) is 0 Å². The normalized spacial score (nSPS) is 25.0. The molecule has 2 aromatic rings. The number of para-hydroxylation sites is 1. The largest absolute Gasteiger partial charge is 0.380 e. The van der Waals surface area contributed by atoms with E-state index in [4.69, 9.17) is 9.72 Å². The zero-order chi connectivity index (χ0) is 15.5. The van der Waals surface area contributed by atoms with Gasteiger partial charge in [0.2, 0.25) is 0 Å². The first kappa shape index (κ1) is 15.4. The number of ether oxygens (including phenoxy) is 1. The van der Waals surface area contributed by atoms with E-state index in [0.29, 0.717) is 11.3 Å². The van der Waals surface area contributed by atoms with Crippen LogP contribution in [0.1, 0.15) is 12.1 Å². The molecule has 2 atom stereocenters. The van der Waals surface area contributed by atoms with E-state index in [9.17, 15) is 0 Å². The maximum Gasteiger partial charge on any atom is 0.187 e. The fraction of sp³-hybridized carbons (Fsp3) is 0.471. The number of nitrogens with one attached hydrogen (secondary N) is 1. The smallest absolute Gasteiger partial charge is 0.187 e. The Hall–Kier alpha value is -1.08. The minimum Gasteiger partial charge on any atom is -0.380 e. The number of nitrogens with zero attached hydrogens (tertiary/aromatic N) is 2. The Morgan fingerprint density at radius 3 is 3.13 bits per heavy atom. The van der Waals surface area contributed by atoms with E-state index in [1.54, 1.807) is 11.3 Å². The second-order valence-corrected chi connectivity index (χ2v) is 8.15. The fourth-order valence-electron chi connectivity index (χ4n) is 3.25. The van der Waals surface area contributed by atoms with Gasteiger partial charge >= 0.3 is 0 Å². The fourth-order valence-corrected chi connectivity index (χ4v) is 5.34. The lowest BCUT2D eigenvalue weighted by atomic mass is 10.1. The predicted octanol–water partition coefficient (Wildman–Crippen LogP) is 3.59. The van der Waals surface area contributed by atoms with Gasteiger partial charge in [0.05, 0.1) is 12.3 Å². The molecular formula is C17H21N3OS2. The molecular weight excluding hydrogens is 326 g/mol. The SMILES string of the molecule is c1ccc(Nc2nc(CN3CCS[C@@H]4COCC[C@@H]43)cs2)cc1. The molecule has 1 N–H and O–H groups in total. The Kier molecular flexibility index (Phi) is 4.85. The van der Waals surface area contributed by atoms with Crippen molar-refractivity contribution < 1.29 is 4.74 Å². The molecule has 122 valence electrons. The number of benzene rings is 1. The van der Waals surface area contributed by atoms with Crippen molar-refractivity contribution in [2.75, 3.05) is 30.8 Å². The van der Waals surface area contributed by atoms with Crippen molar-refractivity contribution in [3.05, 3.63) is 41.4 Å². The molecule has 2 aliphatic rings. The van der Waals surface area contributed by atoms with Crippen LogP contribution in [-0.4, -0.2) is 46.7 Å². The number of thiazole rings is 1. The van der Waals surface area contributed by atoms with Gasteiger partial charge in [-0.25, -0.2) is 4.98 Å². The minimum atomic E-state index is 0.637. The van der Waals surface area contributed by atoms with Crippen LogP contribution in [0.4, 0.5) is 10.8 Å². The molecule has 0 spiro atoms. The van der Waals surface area contributed by atoms with Crippen molar-refractivity contribution in [3.63, 3.8) is 0 Å². The summed E-state index contributed by atoms with van der Waals surface area (Å²) in [6.07, 6.45) is 1.15. The highest BCUT2D eigenvalue weighted by Crippen LogP contribution is 2.31. The van der Waals surface area contributed by atoms with Gasteiger partial charge in [0.15, 0.2) is 5.13 Å². The number of rotatable bonds is 4. The lowest BCUT2D eigenvalue weighted by Crippen LogP contribution is -2.51. The molecule has 4 rings (SSSR count). The van der Waals surface area contributed by atoms with Gasteiger partial charge in [-0.2, -0.15) is 11.8 Å². The molecule has 0 unspecified atom stereocenters. The number of aromatic nitrogens is 1. The maximum absolute atomic E-state index is 5.64. The monoisotopic (exact) mass is 347 g/mol.